The van der Waals surface area contributed by atoms with Crippen molar-refractivity contribution < 1.29 is 4.79 Å². The van der Waals surface area contributed by atoms with Crippen molar-refractivity contribution in [3.05, 3.63) is 66.7 Å². The Hall–Kier alpha value is -0.350. The van der Waals surface area contributed by atoms with Gasteiger partial charge in [-0.15, -0.1) is 0 Å². The van der Waals surface area contributed by atoms with Gasteiger partial charge in [-0.2, -0.15) is 0 Å². The monoisotopic (exact) mass is 546 g/mol. The zero-order valence-corrected chi connectivity index (χ0v) is 21.8. The molecule has 0 aliphatic carbocycles. The van der Waals surface area contributed by atoms with Gasteiger partial charge in [0.15, 0.2) is 5.78 Å². The van der Waals surface area contributed by atoms with E-state index in [1.54, 1.807) is 0 Å². The van der Waals surface area contributed by atoms with Crippen LogP contribution in [0.4, 0.5) is 0 Å². The van der Waals surface area contributed by atoms with Gasteiger partial charge < -0.3 is 0 Å². The van der Waals surface area contributed by atoms with Crippen molar-refractivity contribution in [2.24, 2.45) is 0 Å². The Labute approximate surface area is 195 Å². The summed E-state index contributed by atoms with van der Waals surface area (Å²) in [5.74, 6) is 0.0199. The summed E-state index contributed by atoms with van der Waals surface area (Å²) in [6, 6.07) is 3.85. The van der Waals surface area contributed by atoms with Gasteiger partial charge in [-0.25, -0.2) is 0 Å². The lowest BCUT2D eigenvalue weighted by atomic mass is 9.86. The lowest BCUT2D eigenvalue weighted by Gasteiger charge is -2.22. The molecule has 0 radical (unpaired) electrons. The third kappa shape index (κ3) is 4.38. The summed E-state index contributed by atoms with van der Waals surface area (Å²) >= 11 is 20.5. The molecule has 2 rings (SSSR count). The zero-order chi connectivity index (χ0) is 21.3. The predicted molar refractivity (Wildman–Crippen MR) is 129 cm³/mol. The van der Waals surface area contributed by atoms with Crippen molar-refractivity contribution in [3.8, 4) is 0 Å². The Morgan fingerprint density at radius 2 is 1.14 bits per heavy atom. The number of ketones is 1. The van der Waals surface area contributed by atoms with E-state index in [2.05, 4.69) is 45.7 Å². The van der Waals surface area contributed by atoms with Crippen LogP contribution in [0.5, 0.6) is 0 Å². The van der Waals surface area contributed by atoms with E-state index in [1.807, 2.05) is 39.8 Å². The number of carbonyl (C=O) groups excluding carboxylic acids is 1. The molecule has 0 N–H and O–H groups in total. The lowest BCUT2D eigenvalue weighted by molar-refractivity contribution is 0.103. The normalized spacial score (nSPS) is 13.5. The fraction of sp³-hybridized carbons (Fsp3) is 0.435. The molecule has 5 heteroatoms. The number of rotatable bonds is 6. The van der Waals surface area contributed by atoms with E-state index in [1.165, 1.54) is 0 Å². The third-order valence-corrected chi connectivity index (χ3v) is 8.67. The summed E-state index contributed by atoms with van der Waals surface area (Å²) in [6.07, 6.45) is 1.73. The SMILES string of the molecule is CCC(Br)c1c(C(=O)c2cc(C)c(Cl)c(C)c2C(Br)CC)cc(C)c(Cl)c1C. The van der Waals surface area contributed by atoms with E-state index in [9.17, 15) is 4.79 Å². The maximum Gasteiger partial charge on any atom is 0.193 e. The van der Waals surface area contributed by atoms with Crippen LogP contribution in [0.2, 0.25) is 10.0 Å². The third-order valence-electron chi connectivity index (χ3n) is 5.29. The van der Waals surface area contributed by atoms with E-state index >= 15 is 0 Å². The fourth-order valence-corrected chi connectivity index (χ4v) is 5.18. The van der Waals surface area contributed by atoms with Gasteiger partial charge in [0, 0.05) is 30.8 Å². The van der Waals surface area contributed by atoms with Crippen molar-refractivity contribution >= 4 is 60.8 Å². The van der Waals surface area contributed by atoms with Crippen LogP contribution < -0.4 is 0 Å². The molecule has 0 aliphatic rings. The Kier molecular flexibility index (Phi) is 8.24. The number of halogens is 4. The predicted octanol–water partition coefficient (Wildman–Crippen LogP) is 9.15. The maximum atomic E-state index is 13.8. The summed E-state index contributed by atoms with van der Waals surface area (Å²) in [6.45, 7) is 12.1. The molecule has 2 unspecified atom stereocenters. The molecule has 152 valence electrons. The maximum absolute atomic E-state index is 13.8. The second kappa shape index (κ2) is 9.64. The molecule has 28 heavy (non-hydrogen) atoms. The summed E-state index contributed by atoms with van der Waals surface area (Å²) in [7, 11) is 0. The van der Waals surface area contributed by atoms with Gasteiger partial charge in [-0.3, -0.25) is 4.79 Å². The van der Waals surface area contributed by atoms with Crippen LogP contribution in [0.25, 0.3) is 0 Å². The van der Waals surface area contributed by atoms with Crippen molar-refractivity contribution in [2.75, 3.05) is 0 Å². The first-order chi connectivity index (χ1) is 13.1. The average Bonchev–Trinajstić information content (AvgIpc) is 2.67. The van der Waals surface area contributed by atoms with E-state index in [4.69, 9.17) is 23.2 Å². The van der Waals surface area contributed by atoms with Crippen LogP contribution in [0.15, 0.2) is 12.1 Å². The van der Waals surface area contributed by atoms with Crippen LogP contribution in [0.3, 0.4) is 0 Å². The highest BCUT2D eigenvalue weighted by molar-refractivity contribution is 9.09. The first kappa shape index (κ1) is 23.9. The smallest absolute Gasteiger partial charge is 0.193 e. The van der Waals surface area contributed by atoms with E-state index in [-0.39, 0.29) is 15.4 Å². The van der Waals surface area contributed by atoms with Crippen molar-refractivity contribution in [3.63, 3.8) is 0 Å². The molecular formula is C23H26Br2Cl2O. The Morgan fingerprint density at radius 1 is 0.821 bits per heavy atom. The summed E-state index contributed by atoms with van der Waals surface area (Å²) < 4.78 is 0. The minimum Gasteiger partial charge on any atom is -0.289 e. The quantitative estimate of drug-likeness (QED) is 0.260. The molecule has 0 aliphatic heterocycles. The molecule has 0 spiro atoms. The highest BCUT2D eigenvalue weighted by Crippen LogP contribution is 2.41. The van der Waals surface area contributed by atoms with Crippen LogP contribution in [0, 0.1) is 27.7 Å². The Bertz CT molecular complexity index is 848. The molecule has 0 bridgehead atoms. The summed E-state index contributed by atoms with van der Waals surface area (Å²) in [4.78, 5) is 14.0. The molecule has 0 saturated heterocycles. The number of carbonyl (C=O) groups is 1. The molecule has 0 heterocycles. The van der Waals surface area contributed by atoms with Gasteiger partial charge in [0.05, 0.1) is 0 Å². The average molecular weight is 549 g/mol. The highest BCUT2D eigenvalue weighted by atomic mass is 79.9. The van der Waals surface area contributed by atoms with Crippen molar-refractivity contribution in [1.82, 2.24) is 0 Å². The van der Waals surface area contributed by atoms with Crippen molar-refractivity contribution in [2.45, 2.75) is 64.0 Å². The second-order valence-corrected chi connectivity index (χ2v) is 10.2. The van der Waals surface area contributed by atoms with Gasteiger partial charge in [0.2, 0.25) is 0 Å². The number of hydrogen-bond acceptors (Lipinski definition) is 1. The molecule has 2 aromatic rings. The van der Waals surface area contributed by atoms with Crippen LogP contribution in [-0.4, -0.2) is 5.78 Å². The second-order valence-electron chi connectivity index (χ2n) is 7.27. The van der Waals surface area contributed by atoms with E-state index in [0.717, 1.165) is 56.3 Å². The van der Waals surface area contributed by atoms with Gasteiger partial charge >= 0.3 is 0 Å². The zero-order valence-electron chi connectivity index (χ0n) is 17.1. The standard InChI is InChI=1S/C23H26Br2Cl2O/c1-7-17(24)19-13(5)21(26)11(3)9-15(19)23(28)16-10-12(4)22(27)14(6)20(16)18(25)8-2/h9-10,17-18H,7-8H2,1-6H3. The largest absolute Gasteiger partial charge is 0.289 e. The topological polar surface area (TPSA) is 17.1 Å². The van der Waals surface area contributed by atoms with E-state index in [0.29, 0.717) is 11.1 Å². The number of hydrogen-bond donors (Lipinski definition) is 0. The molecular weight excluding hydrogens is 523 g/mol. The van der Waals surface area contributed by atoms with Crippen LogP contribution in [0.1, 0.15) is 85.6 Å². The minimum absolute atomic E-state index is 0.0199. The molecule has 1 nitrogen and oxygen atoms in total. The number of benzene rings is 2. The molecule has 0 amide bonds. The number of alkyl halides is 2. The summed E-state index contributed by atoms with van der Waals surface area (Å²) in [5.41, 5.74) is 7.12. The van der Waals surface area contributed by atoms with Gasteiger partial charge in [0.25, 0.3) is 0 Å². The van der Waals surface area contributed by atoms with Gasteiger partial charge in [-0.05, 0) is 86.1 Å². The van der Waals surface area contributed by atoms with Gasteiger partial charge in [-0.1, -0.05) is 68.9 Å². The van der Waals surface area contributed by atoms with Crippen molar-refractivity contribution in [1.29, 1.82) is 0 Å². The fourth-order valence-electron chi connectivity index (χ4n) is 3.68. The molecule has 2 atom stereocenters. The molecule has 2 aromatic carbocycles. The van der Waals surface area contributed by atoms with Crippen LogP contribution in [-0.2, 0) is 0 Å². The highest BCUT2D eigenvalue weighted by Gasteiger charge is 2.27. The first-order valence-electron chi connectivity index (χ1n) is 9.48. The Balaban J connectivity index is 2.84. The number of aryl methyl sites for hydroxylation is 2. The van der Waals surface area contributed by atoms with E-state index < -0.39 is 0 Å². The minimum atomic E-state index is 0.0199. The molecule has 0 aromatic heterocycles. The molecule has 0 fully saturated rings. The lowest BCUT2D eigenvalue weighted by Crippen LogP contribution is -2.14. The first-order valence-corrected chi connectivity index (χ1v) is 12.1. The van der Waals surface area contributed by atoms with Gasteiger partial charge in [0.1, 0.15) is 0 Å². The Morgan fingerprint density at radius 3 is 1.43 bits per heavy atom. The summed E-state index contributed by atoms with van der Waals surface area (Å²) in [5, 5.41) is 1.44. The van der Waals surface area contributed by atoms with Crippen LogP contribution >= 0.6 is 55.1 Å². The molecule has 0 saturated carbocycles.